The molecule has 3 amide bonds. The van der Waals surface area contributed by atoms with Gasteiger partial charge >= 0.3 is 11.7 Å². The SMILES string of the molecule is CCCC[C@H](CN(C=O)OCc1ccccc1)C(=O)N1CCC[C@H]1C(=O)Nc1ccc(F)c[n+]1O.[HH]. The topological polar surface area (TPSA) is 103 Å². The fraction of sp³-hybridized carbons (Fsp3) is 0.440. The van der Waals surface area contributed by atoms with Gasteiger partial charge in [-0.25, -0.2) is 19.6 Å². The minimum Gasteiger partial charge on any atom is -0.350 e. The molecule has 1 aliphatic heterocycles. The van der Waals surface area contributed by atoms with Crippen LogP contribution in [0.3, 0.4) is 0 Å². The Morgan fingerprint density at radius 1 is 1.34 bits per heavy atom. The normalized spacial score (nSPS) is 16.1. The van der Waals surface area contributed by atoms with Crippen LogP contribution >= 0.6 is 0 Å². The zero-order valence-electron chi connectivity index (χ0n) is 19.8. The fourth-order valence-corrected chi connectivity index (χ4v) is 4.13. The predicted octanol–water partition coefficient (Wildman–Crippen LogP) is 2.92. The van der Waals surface area contributed by atoms with Gasteiger partial charge in [0.05, 0.1) is 12.5 Å². The highest BCUT2D eigenvalue weighted by atomic mass is 19.1. The minimum atomic E-state index is -0.730. The first kappa shape index (κ1) is 26.1. The average Bonchev–Trinajstić information content (AvgIpc) is 3.36. The van der Waals surface area contributed by atoms with Crippen LogP contribution in [-0.2, 0) is 25.8 Å². The third-order valence-corrected chi connectivity index (χ3v) is 6.00. The average molecular weight is 490 g/mol. The fourth-order valence-electron chi connectivity index (χ4n) is 4.13. The number of carbonyl (C=O) groups is 3. The lowest BCUT2D eigenvalue weighted by Gasteiger charge is -2.29. The number of pyridine rings is 1. The molecule has 0 aliphatic carbocycles. The number of unbranched alkanes of at least 4 members (excludes halogenated alkanes) is 1. The molecule has 190 valence electrons. The first-order valence-corrected chi connectivity index (χ1v) is 11.8. The van der Waals surface area contributed by atoms with E-state index in [1.54, 1.807) is 0 Å². The summed E-state index contributed by atoms with van der Waals surface area (Å²) in [5, 5.41) is 13.5. The smallest absolute Gasteiger partial charge is 0.330 e. The lowest BCUT2D eigenvalue weighted by Crippen LogP contribution is -2.49. The van der Waals surface area contributed by atoms with Crippen molar-refractivity contribution < 1.29 is 35.0 Å². The van der Waals surface area contributed by atoms with E-state index in [4.69, 9.17) is 4.84 Å². The highest BCUT2D eigenvalue weighted by Crippen LogP contribution is 2.24. The van der Waals surface area contributed by atoms with E-state index in [9.17, 15) is 24.0 Å². The van der Waals surface area contributed by atoms with E-state index >= 15 is 0 Å². The molecule has 10 heteroatoms. The standard InChI is InChI=1S/C25H31FN4O5.H2/c1-2-3-10-20(15-28(18-31)35-17-19-8-5-4-6-9-19)25(33)29-14-7-11-22(29)24(32)27-23-13-12-21(26)16-30(23)34;/h4-6,8-9,12-13,16,18,20,22,34H,2-3,7,10-11,14-15,17H2,1H3;1H/p+1/t20-,22+;/m1./s1. The van der Waals surface area contributed by atoms with Crippen LogP contribution in [0.25, 0.3) is 0 Å². The predicted molar refractivity (Wildman–Crippen MR) is 126 cm³/mol. The summed E-state index contributed by atoms with van der Waals surface area (Å²) in [6, 6.07) is 11.0. The van der Waals surface area contributed by atoms with Crippen molar-refractivity contribution in [3.63, 3.8) is 0 Å². The van der Waals surface area contributed by atoms with Crippen LogP contribution in [0.4, 0.5) is 10.2 Å². The van der Waals surface area contributed by atoms with Crippen molar-refractivity contribution in [1.29, 1.82) is 0 Å². The first-order chi connectivity index (χ1) is 16.9. The maximum absolute atomic E-state index is 13.5. The second-order valence-corrected chi connectivity index (χ2v) is 8.56. The molecule has 1 aromatic carbocycles. The van der Waals surface area contributed by atoms with Gasteiger partial charge in [-0.15, -0.1) is 0 Å². The van der Waals surface area contributed by atoms with Crippen LogP contribution in [0.5, 0.6) is 0 Å². The third kappa shape index (κ3) is 7.22. The number of likely N-dealkylation sites (tertiary alicyclic amines) is 1. The highest BCUT2D eigenvalue weighted by molar-refractivity contribution is 5.96. The van der Waals surface area contributed by atoms with Gasteiger partial charge in [0.25, 0.3) is 0 Å². The van der Waals surface area contributed by atoms with E-state index in [-0.39, 0.29) is 26.3 Å². The van der Waals surface area contributed by atoms with Gasteiger partial charge in [-0.1, -0.05) is 50.1 Å². The quantitative estimate of drug-likeness (QED) is 0.207. The number of nitrogens with zero attached hydrogens (tertiary/aromatic N) is 3. The Labute approximate surface area is 205 Å². The van der Waals surface area contributed by atoms with E-state index in [0.717, 1.165) is 35.7 Å². The molecule has 0 saturated carbocycles. The molecule has 0 bridgehead atoms. The molecule has 0 radical (unpaired) electrons. The number of amides is 3. The molecular weight excluding hydrogens is 455 g/mol. The molecule has 2 aromatic rings. The number of hydrogen-bond acceptors (Lipinski definition) is 5. The summed E-state index contributed by atoms with van der Waals surface area (Å²) in [7, 11) is 0. The van der Waals surface area contributed by atoms with Gasteiger partial charge in [0.15, 0.2) is 12.0 Å². The van der Waals surface area contributed by atoms with Crippen molar-refractivity contribution in [3.05, 3.63) is 60.0 Å². The number of rotatable bonds is 12. The molecule has 0 unspecified atom stereocenters. The van der Waals surface area contributed by atoms with Gasteiger partial charge < -0.3 is 10.1 Å². The van der Waals surface area contributed by atoms with Gasteiger partial charge in [0.2, 0.25) is 12.3 Å². The Morgan fingerprint density at radius 2 is 2.11 bits per heavy atom. The van der Waals surface area contributed by atoms with Crippen LogP contribution in [0.1, 0.15) is 46.0 Å². The van der Waals surface area contributed by atoms with Crippen LogP contribution in [0.2, 0.25) is 0 Å². The van der Waals surface area contributed by atoms with Crippen molar-refractivity contribution in [2.45, 2.75) is 51.7 Å². The number of nitrogens with one attached hydrogen (secondary N) is 1. The molecule has 2 heterocycles. The molecule has 3 rings (SSSR count). The van der Waals surface area contributed by atoms with Gasteiger partial charge in [-0.3, -0.25) is 14.4 Å². The number of hydroxylamine groups is 2. The summed E-state index contributed by atoms with van der Waals surface area (Å²) in [6.45, 7) is 2.70. The van der Waals surface area contributed by atoms with E-state index in [1.165, 1.54) is 11.0 Å². The van der Waals surface area contributed by atoms with Crippen molar-refractivity contribution >= 4 is 24.0 Å². The van der Waals surface area contributed by atoms with E-state index in [1.807, 2.05) is 37.3 Å². The number of halogens is 1. The molecule has 0 spiro atoms. The number of hydrogen-bond donors (Lipinski definition) is 2. The number of benzene rings is 1. The lowest BCUT2D eigenvalue weighted by atomic mass is 9.99. The lowest BCUT2D eigenvalue weighted by molar-refractivity contribution is -0.894. The summed E-state index contributed by atoms with van der Waals surface area (Å²) in [4.78, 5) is 45.3. The van der Waals surface area contributed by atoms with E-state index in [0.29, 0.717) is 36.9 Å². The van der Waals surface area contributed by atoms with Crippen molar-refractivity contribution in [2.24, 2.45) is 5.92 Å². The molecule has 9 nitrogen and oxygen atoms in total. The second kappa shape index (κ2) is 12.8. The molecule has 1 saturated heterocycles. The molecule has 1 aromatic heterocycles. The molecule has 1 aliphatic rings. The summed E-state index contributed by atoms with van der Waals surface area (Å²) in [5.41, 5.74) is 0.897. The molecule has 2 atom stereocenters. The Bertz CT molecular complexity index is 1010. The third-order valence-electron chi connectivity index (χ3n) is 6.00. The summed E-state index contributed by atoms with van der Waals surface area (Å²) >= 11 is 0. The van der Waals surface area contributed by atoms with Crippen molar-refractivity contribution in [2.75, 3.05) is 18.4 Å². The molecule has 2 N–H and O–H groups in total. The second-order valence-electron chi connectivity index (χ2n) is 8.56. The monoisotopic (exact) mass is 489 g/mol. The van der Waals surface area contributed by atoms with E-state index < -0.39 is 23.7 Å². The van der Waals surface area contributed by atoms with Crippen LogP contribution in [-0.4, -0.2) is 52.5 Å². The van der Waals surface area contributed by atoms with Crippen LogP contribution < -0.4 is 10.0 Å². The Kier molecular flexibility index (Phi) is 9.54. The number of carbonyl (C=O) groups excluding carboxylic acids is 3. The molecular formula is C25H34FN4O5+. The summed E-state index contributed by atoms with van der Waals surface area (Å²) in [6.07, 6.45) is 4.72. The Hall–Kier alpha value is -3.53. The van der Waals surface area contributed by atoms with Gasteiger partial charge in [0.1, 0.15) is 12.6 Å². The van der Waals surface area contributed by atoms with Gasteiger partial charge in [0, 0.05) is 14.0 Å². The van der Waals surface area contributed by atoms with Gasteiger partial charge in [-0.05, 0) is 35.6 Å². The maximum Gasteiger partial charge on any atom is 0.330 e. The molecule has 35 heavy (non-hydrogen) atoms. The van der Waals surface area contributed by atoms with Gasteiger partial charge in [-0.2, -0.15) is 0 Å². The summed E-state index contributed by atoms with van der Waals surface area (Å²) < 4.78 is 13.7. The number of anilines is 1. The first-order valence-electron chi connectivity index (χ1n) is 11.8. The zero-order chi connectivity index (χ0) is 25.2. The molecule has 1 fully saturated rings. The zero-order valence-corrected chi connectivity index (χ0v) is 19.8. The van der Waals surface area contributed by atoms with Crippen LogP contribution in [0.15, 0.2) is 48.7 Å². The van der Waals surface area contributed by atoms with E-state index in [2.05, 4.69) is 5.32 Å². The minimum absolute atomic E-state index is 0. The van der Waals surface area contributed by atoms with Crippen LogP contribution in [0, 0.1) is 11.7 Å². The Morgan fingerprint density at radius 3 is 2.80 bits per heavy atom. The summed E-state index contributed by atoms with van der Waals surface area (Å²) in [5.74, 6) is -1.87. The van der Waals surface area contributed by atoms with Crippen molar-refractivity contribution in [1.82, 2.24) is 9.96 Å². The maximum atomic E-state index is 13.5. The highest BCUT2D eigenvalue weighted by Gasteiger charge is 2.39. The number of aromatic nitrogens is 1. The largest absolute Gasteiger partial charge is 0.350 e. The Balaban J connectivity index is 0.00000456. The van der Waals surface area contributed by atoms with Crippen molar-refractivity contribution in [3.8, 4) is 0 Å².